The largest absolute Gasteiger partial charge is 0.493 e. The quantitative estimate of drug-likeness (QED) is 0.756. The summed E-state index contributed by atoms with van der Waals surface area (Å²) in [5.41, 5.74) is 0.304. The fourth-order valence-electron chi connectivity index (χ4n) is 2.70. The predicted octanol–water partition coefficient (Wildman–Crippen LogP) is 2.40. The van der Waals surface area contributed by atoms with Gasteiger partial charge in [-0.05, 0) is 25.8 Å². The standard InChI is InChI=1S/C17H26N2O3/c1-4-17(21,5-2)11-18-16(20)19-12(3)14-10-22-15-9-7-6-8-13(14)15/h6-9,12,14,21H,4-5,10-11H2,1-3H3,(H2,18,19,20). The van der Waals surface area contributed by atoms with Crippen molar-refractivity contribution in [1.82, 2.24) is 10.6 Å². The minimum atomic E-state index is -0.830. The zero-order valence-corrected chi connectivity index (χ0v) is 13.6. The number of aliphatic hydroxyl groups is 1. The molecule has 0 aliphatic carbocycles. The third-order valence-electron chi connectivity index (χ3n) is 4.59. The molecule has 22 heavy (non-hydrogen) atoms. The summed E-state index contributed by atoms with van der Waals surface area (Å²) in [7, 11) is 0. The molecule has 0 radical (unpaired) electrons. The van der Waals surface area contributed by atoms with E-state index in [0.29, 0.717) is 19.4 Å². The van der Waals surface area contributed by atoms with Gasteiger partial charge in [-0.2, -0.15) is 0 Å². The Bertz CT molecular complexity index is 514. The second-order valence-electron chi connectivity index (χ2n) is 6.00. The van der Waals surface area contributed by atoms with E-state index in [0.717, 1.165) is 11.3 Å². The molecule has 1 aromatic carbocycles. The number of hydrogen-bond donors (Lipinski definition) is 3. The molecule has 2 rings (SSSR count). The highest BCUT2D eigenvalue weighted by Gasteiger charge is 2.30. The van der Waals surface area contributed by atoms with E-state index in [1.54, 1.807) is 0 Å². The number of urea groups is 1. The van der Waals surface area contributed by atoms with Crippen molar-refractivity contribution < 1.29 is 14.6 Å². The first-order valence-corrected chi connectivity index (χ1v) is 7.97. The number of para-hydroxylation sites is 1. The number of nitrogens with one attached hydrogen (secondary N) is 2. The van der Waals surface area contributed by atoms with E-state index in [1.807, 2.05) is 45.0 Å². The Labute approximate surface area is 132 Å². The summed E-state index contributed by atoms with van der Waals surface area (Å²) in [5, 5.41) is 15.9. The van der Waals surface area contributed by atoms with Crippen LogP contribution in [0.1, 0.15) is 45.1 Å². The summed E-state index contributed by atoms with van der Waals surface area (Å²) in [6.45, 7) is 6.64. The topological polar surface area (TPSA) is 70.6 Å². The molecular weight excluding hydrogens is 280 g/mol. The molecule has 5 heteroatoms. The Balaban J connectivity index is 1.88. The summed E-state index contributed by atoms with van der Waals surface area (Å²) in [4.78, 5) is 12.0. The van der Waals surface area contributed by atoms with Crippen LogP contribution in [0.2, 0.25) is 0 Å². The molecule has 1 aliphatic heterocycles. The second kappa shape index (κ2) is 7.01. The van der Waals surface area contributed by atoms with Gasteiger partial charge in [0.15, 0.2) is 0 Å². The van der Waals surface area contributed by atoms with Crippen LogP contribution in [0, 0.1) is 0 Å². The predicted molar refractivity (Wildman–Crippen MR) is 86.2 cm³/mol. The first-order valence-electron chi connectivity index (χ1n) is 7.97. The van der Waals surface area contributed by atoms with Gasteiger partial charge in [0.05, 0.1) is 12.2 Å². The zero-order valence-electron chi connectivity index (χ0n) is 13.6. The molecule has 5 nitrogen and oxygen atoms in total. The molecule has 1 heterocycles. The van der Waals surface area contributed by atoms with Crippen LogP contribution >= 0.6 is 0 Å². The van der Waals surface area contributed by atoms with Crippen molar-refractivity contribution in [1.29, 1.82) is 0 Å². The molecule has 2 unspecified atom stereocenters. The first kappa shape index (κ1) is 16.6. The minimum Gasteiger partial charge on any atom is -0.493 e. The van der Waals surface area contributed by atoms with Crippen molar-refractivity contribution in [2.24, 2.45) is 0 Å². The number of rotatable bonds is 6. The van der Waals surface area contributed by atoms with Gasteiger partial charge in [0.1, 0.15) is 5.75 Å². The van der Waals surface area contributed by atoms with E-state index in [2.05, 4.69) is 10.6 Å². The third-order valence-corrected chi connectivity index (χ3v) is 4.59. The van der Waals surface area contributed by atoms with Gasteiger partial charge < -0.3 is 20.5 Å². The molecule has 1 aromatic rings. The molecule has 0 aromatic heterocycles. The van der Waals surface area contributed by atoms with Gasteiger partial charge in [0, 0.05) is 24.1 Å². The normalized spacial score (nSPS) is 18.3. The lowest BCUT2D eigenvalue weighted by Gasteiger charge is -2.26. The number of fused-ring (bicyclic) bond motifs is 1. The Morgan fingerprint density at radius 3 is 2.77 bits per heavy atom. The van der Waals surface area contributed by atoms with Crippen LogP contribution in [0.25, 0.3) is 0 Å². The van der Waals surface area contributed by atoms with E-state index in [1.165, 1.54) is 0 Å². The summed E-state index contributed by atoms with van der Waals surface area (Å²) in [5.74, 6) is 1.05. The number of carbonyl (C=O) groups excluding carboxylic acids is 1. The lowest BCUT2D eigenvalue weighted by molar-refractivity contribution is 0.0348. The average molecular weight is 306 g/mol. The van der Waals surface area contributed by atoms with Crippen molar-refractivity contribution in [3.8, 4) is 5.75 Å². The van der Waals surface area contributed by atoms with Crippen molar-refractivity contribution in [2.75, 3.05) is 13.2 Å². The Kier molecular flexibility index (Phi) is 5.29. The summed E-state index contributed by atoms with van der Waals surface area (Å²) in [6, 6.07) is 7.62. The van der Waals surface area contributed by atoms with Crippen LogP contribution in [0.4, 0.5) is 4.79 Å². The van der Waals surface area contributed by atoms with Crippen LogP contribution in [0.15, 0.2) is 24.3 Å². The fourth-order valence-corrected chi connectivity index (χ4v) is 2.70. The second-order valence-corrected chi connectivity index (χ2v) is 6.00. The molecule has 0 saturated carbocycles. The monoisotopic (exact) mass is 306 g/mol. The van der Waals surface area contributed by atoms with Gasteiger partial charge >= 0.3 is 6.03 Å². The number of ether oxygens (including phenoxy) is 1. The molecule has 0 bridgehead atoms. The van der Waals surface area contributed by atoms with E-state index < -0.39 is 5.60 Å². The van der Waals surface area contributed by atoms with Gasteiger partial charge in [0.25, 0.3) is 0 Å². The van der Waals surface area contributed by atoms with Crippen molar-refractivity contribution in [3.05, 3.63) is 29.8 Å². The summed E-state index contributed by atoms with van der Waals surface area (Å²) < 4.78 is 5.65. The molecular formula is C17H26N2O3. The van der Waals surface area contributed by atoms with Crippen LogP contribution in [0.3, 0.4) is 0 Å². The minimum absolute atomic E-state index is 0.0417. The molecule has 122 valence electrons. The third kappa shape index (κ3) is 3.71. The van der Waals surface area contributed by atoms with Crippen molar-refractivity contribution in [2.45, 2.75) is 51.2 Å². The lowest BCUT2D eigenvalue weighted by Crippen LogP contribution is -2.49. The van der Waals surface area contributed by atoms with Crippen molar-refractivity contribution in [3.63, 3.8) is 0 Å². The first-order chi connectivity index (χ1) is 10.5. The van der Waals surface area contributed by atoms with Crippen LogP contribution in [-0.4, -0.2) is 35.9 Å². The highest BCUT2D eigenvalue weighted by atomic mass is 16.5. The molecule has 2 amide bonds. The maximum absolute atomic E-state index is 12.0. The van der Waals surface area contributed by atoms with Crippen LogP contribution in [-0.2, 0) is 0 Å². The molecule has 2 atom stereocenters. The average Bonchev–Trinajstić information content (AvgIpc) is 2.96. The Hall–Kier alpha value is -1.75. The number of carbonyl (C=O) groups is 1. The van der Waals surface area contributed by atoms with E-state index in [4.69, 9.17) is 4.74 Å². The fraction of sp³-hybridized carbons (Fsp3) is 0.588. The number of hydrogen-bond acceptors (Lipinski definition) is 3. The molecule has 0 spiro atoms. The van der Waals surface area contributed by atoms with Gasteiger partial charge in [0.2, 0.25) is 0 Å². The highest BCUT2D eigenvalue weighted by molar-refractivity contribution is 5.74. The van der Waals surface area contributed by atoms with Gasteiger partial charge in [-0.1, -0.05) is 32.0 Å². The molecule has 3 N–H and O–H groups in total. The smallest absolute Gasteiger partial charge is 0.315 e. The highest BCUT2D eigenvalue weighted by Crippen LogP contribution is 2.35. The van der Waals surface area contributed by atoms with Crippen LogP contribution in [0.5, 0.6) is 5.75 Å². The zero-order chi connectivity index (χ0) is 16.2. The molecule has 0 fully saturated rings. The number of amides is 2. The summed E-state index contributed by atoms with van der Waals surface area (Å²) >= 11 is 0. The summed E-state index contributed by atoms with van der Waals surface area (Å²) in [6.07, 6.45) is 1.23. The van der Waals surface area contributed by atoms with E-state index in [9.17, 15) is 9.90 Å². The van der Waals surface area contributed by atoms with Crippen LogP contribution < -0.4 is 15.4 Å². The van der Waals surface area contributed by atoms with Gasteiger partial charge in [-0.15, -0.1) is 0 Å². The lowest BCUT2D eigenvalue weighted by atomic mass is 9.94. The maximum Gasteiger partial charge on any atom is 0.315 e. The Morgan fingerprint density at radius 1 is 1.41 bits per heavy atom. The SMILES string of the molecule is CCC(O)(CC)CNC(=O)NC(C)C1COc2ccccc21. The van der Waals surface area contributed by atoms with Gasteiger partial charge in [-0.3, -0.25) is 0 Å². The molecule has 0 saturated heterocycles. The van der Waals surface area contributed by atoms with E-state index in [-0.39, 0.29) is 24.5 Å². The van der Waals surface area contributed by atoms with Gasteiger partial charge in [-0.25, -0.2) is 4.79 Å². The maximum atomic E-state index is 12.0. The Morgan fingerprint density at radius 2 is 2.09 bits per heavy atom. The van der Waals surface area contributed by atoms with Crippen molar-refractivity contribution >= 4 is 6.03 Å². The molecule has 1 aliphatic rings. The van der Waals surface area contributed by atoms with E-state index >= 15 is 0 Å². The number of benzene rings is 1.